The molecule has 0 aliphatic rings. The van der Waals surface area contributed by atoms with Crippen molar-refractivity contribution in [3.63, 3.8) is 0 Å². The SMILES string of the molecule is COCc1[c]c(COC)c2ccccc2c1. The van der Waals surface area contributed by atoms with Crippen molar-refractivity contribution >= 4 is 10.8 Å². The standard InChI is InChI=1S/C14H15O2/c1-15-9-11-7-12-5-3-4-6-14(12)13(8-11)10-16-2/h3-7H,9-10H2,1-2H3. The van der Waals surface area contributed by atoms with Crippen LogP contribution in [-0.2, 0) is 22.7 Å². The van der Waals surface area contributed by atoms with Crippen LogP contribution in [0.2, 0.25) is 0 Å². The molecule has 0 spiro atoms. The van der Waals surface area contributed by atoms with Crippen molar-refractivity contribution in [3.05, 3.63) is 47.5 Å². The molecule has 0 fully saturated rings. The summed E-state index contributed by atoms with van der Waals surface area (Å²) in [6.07, 6.45) is 0. The maximum absolute atomic E-state index is 5.20. The van der Waals surface area contributed by atoms with Crippen LogP contribution in [0.25, 0.3) is 10.8 Å². The highest BCUT2D eigenvalue weighted by Crippen LogP contribution is 2.21. The van der Waals surface area contributed by atoms with Crippen LogP contribution in [0, 0.1) is 6.07 Å². The Labute approximate surface area is 95.8 Å². The Balaban J connectivity index is 2.54. The summed E-state index contributed by atoms with van der Waals surface area (Å²) in [5.41, 5.74) is 2.15. The van der Waals surface area contributed by atoms with E-state index in [9.17, 15) is 0 Å². The van der Waals surface area contributed by atoms with E-state index >= 15 is 0 Å². The number of hydrogen-bond acceptors (Lipinski definition) is 2. The quantitative estimate of drug-likeness (QED) is 0.780. The van der Waals surface area contributed by atoms with Gasteiger partial charge in [-0.25, -0.2) is 0 Å². The van der Waals surface area contributed by atoms with E-state index in [-0.39, 0.29) is 0 Å². The lowest BCUT2D eigenvalue weighted by Gasteiger charge is -2.08. The van der Waals surface area contributed by atoms with Crippen molar-refractivity contribution in [2.75, 3.05) is 14.2 Å². The molecule has 2 nitrogen and oxygen atoms in total. The Morgan fingerprint density at radius 2 is 1.81 bits per heavy atom. The van der Waals surface area contributed by atoms with Crippen molar-refractivity contribution < 1.29 is 9.47 Å². The molecule has 2 heteroatoms. The zero-order valence-electron chi connectivity index (χ0n) is 9.62. The zero-order chi connectivity index (χ0) is 11.4. The molecule has 0 unspecified atom stereocenters. The van der Waals surface area contributed by atoms with Crippen molar-refractivity contribution in [3.8, 4) is 0 Å². The van der Waals surface area contributed by atoms with Gasteiger partial charge in [-0.05, 0) is 34.0 Å². The second-order valence-corrected chi connectivity index (χ2v) is 3.73. The predicted molar refractivity (Wildman–Crippen MR) is 64.2 cm³/mol. The molecule has 0 N–H and O–H groups in total. The maximum atomic E-state index is 5.20. The summed E-state index contributed by atoms with van der Waals surface area (Å²) in [7, 11) is 3.39. The van der Waals surface area contributed by atoms with Crippen LogP contribution in [0.15, 0.2) is 30.3 Å². The minimum absolute atomic E-state index is 0.581. The Kier molecular flexibility index (Phi) is 3.54. The van der Waals surface area contributed by atoms with Crippen molar-refractivity contribution in [2.24, 2.45) is 0 Å². The van der Waals surface area contributed by atoms with Gasteiger partial charge in [-0.2, -0.15) is 0 Å². The molecule has 0 bridgehead atoms. The lowest BCUT2D eigenvalue weighted by molar-refractivity contribution is 0.180. The summed E-state index contributed by atoms with van der Waals surface area (Å²) >= 11 is 0. The Morgan fingerprint density at radius 1 is 1.06 bits per heavy atom. The highest BCUT2D eigenvalue weighted by atomic mass is 16.5. The van der Waals surface area contributed by atoms with Gasteiger partial charge in [0.2, 0.25) is 0 Å². The van der Waals surface area contributed by atoms with Gasteiger partial charge in [-0.1, -0.05) is 24.3 Å². The molecule has 0 heterocycles. The molecule has 0 amide bonds. The minimum Gasteiger partial charge on any atom is -0.380 e. The summed E-state index contributed by atoms with van der Waals surface area (Å²) in [4.78, 5) is 0. The van der Waals surface area contributed by atoms with E-state index < -0.39 is 0 Å². The Bertz CT molecular complexity index is 477. The number of hydrogen-bond donors (Lipinski definition) is 0. The largest absolute Gasteiger partial charge is 0.380 e. The van der Waals surface area contributed by atoms with Gasteiger partial charge in [0.05, 0.1) is 13.2 Å². The van der Waals surface area contributed by atoms with E-state index in [4.69, 9.17) is 9.47 Å². The first-order chi connectivity index (χ1) is 7.85. The Hall–Kier alpha value is -1.38. The molecule has 0 saturated carbocycles. The van der Waals surface area contributed by atoms with Crippen LogP contribution >= 0.6 is 0 Å². The van der Waals surface area contributed by atoms with Crippen LogP contribution < -0.4 is 0 Å². The predicted octanol–water partition coefficient (Wildman–Crippen LogP) is 2.93. The number of rotatable bonds is 4. The summed E-state index contributed by atoms with van der Waals surface area (Å²) in [5, 5.41) is 2.41. The molecule has 2 aromatic carbocycles. The van der Waals surface area contributed by atoms with E-state index in [2.05, 4.69) is 24.3 Å². The van der Waals surface area contributed by atoms with E-state index in [0.717, 1.165) is 11.1 Å². The van der Waals surface area contributed by atoms with Gasteiger partial charge in [0, 0.05) is 14.2 Å². The second-order valence-electron chi connectivity index (χ2n) is 3.73. The van der Waals surface area contributed by atoms with Gasteiger partial charge in [0.15, 0.2) is 0 Å². The second kappa shape index (κ2) is 5.10. The first-order valence-corrected chi connectivity index (χ1v) is 5.26. The van der Waals surface area contributed by atoms with Crippen LogP contribution in [0.3, 0.4) is 0 Å². The molecule has 2 aromatic rings. The smallest absolute Gasteiger partial charge is 0.0725 e. The molecule has 16 heavy (non-hydrogen) atoms. The van der Waals surface area contributed by atoms with Crippen molar-refractivity contribution in [1.82, 2.24) is 0 Å². The van der Waals surface area contributed by atoms with E-state index in [1.54, 1.807) is 14.2 Å². The zero-order valence-corrected chi connectivity index (χ0v) is 9.62. The summed E-state index contributed by atoms with van der Waals surface area (Å²) in [6, 6.07) is 13.7. The first-order valence-electron chi connectivity index (χ1n) is 5.26. The van der Waals surface area contributed by atoms with Crippen LogP contribution in [0.5, 0.6) is 0 Å². The van der Waals surface area contributed by atoms with Gasteiger partial charge in [-0.15, -0.1) is 0 Å². The molecule has 0 atom stereocenters. The number of ether oxygens (including phenoxy) is 2. The average molecular weight is 215 g/mol. The van der Waals surface area contributed by atoms with Crippen molar-refractivity contribution in [2.45, 2.75) is 13.2 Å². The van der Waals surface area contributed by atoms with Gasteiger partial charge < -0.3 is 9.47 Å². The first kappa shape index (κ1) is 11.1. The molecule has 1 radical (unpaired) electrons. The van der Waals surface area contributed by atoms with Crippen LogP contribution in [-0.4, -0.2) is 14.2 Å². The average Bonchev–Trinajstić information content (AvgIpc) is 2.30. The fraction of sp³-hybridized carbons (Fsp3) is 0.286. The molecule has 0 aliphatic heterocycles. The monoisotopic (exact) mass is 215 g/mol. The van der Waals surface area contributed by atoms with E-state index in [0.29, 0.717) is 13.2 Å². The van der Waals surface area contributed by atoms with Gasteiger partial charge in [-0.3, -0.25) is 0 Å². The van der Waals surface area contributed by atoms with Crippen molar-refractivity contribution in [1.29, 1.82) is 0 Å². The fourth-order valence-electron chi connectivity index (χ4n) is 1.87. The number of methoxy groups -OCH3 is 2. The third-order valence-corrected chi connectivity index (χ3v) is 2.52. The molecule has 0 saturated heterocycles. The minimum atomic E-state index is 0.581. The summed E-state index contributed by atoms with van der Waals surface area (Å²) < 4.78 is 10.3. The highest BCUT2D eigenvalue weighted by Gasteiger charge is 2.04. The fourth-order valence-corrected chi connectivity index (χ4v) is 1.87. The van der Waals surface area contributed by atoms with Gasteiger partial charge >= 0.3 is 0 Å². The van der Waals surface area contributed by atoms with Crippen LogP contribution in [0.4, 0.5) is 0 Å². The van der Waals surface area contributed by atoms with Gasteiger partial charge in [0.25, 0.3) is 0 Å². The topological polar surface area (TPSA) is 18.5 Å². The number of fused-ring (bicyclic) bond motifs is 1. The van der Waals surface area contributed by atoms with E-state index in [1.165, 1.54) is 10.8 Å². The molecule has 2 rings (SSSR count). The van der Waals surface area contributed by atoms with Gasteiger partial charge in [0.1, 0.15) is 0 Å². The highest BCUT2D eigenvalue weighted by molar-refractivity contribution is 5.86. The molecule has 0 aliphatic carbocycles. The normalized spacial score (nSPS) is 10.9. The third-order valence-electron chi connectivity index (χ3n) is 2.52. The third kappa shape index (κ3) is 2.23. The molecular weight excluding hydrogens is 200 g/mol. The molecule has 83 valence electrons. The Morgan fingerprint density at radius 3 is 2.56 bits per heavy atom. The van der Waals surface area contributed by atoms with Crippen LogP contribution in [0.1, 0.15) is 11.1 Å². The lowest BCUT2D eigenvalue weighted by Crippen LogP contribution is -1.95. The lowest BCUT2D eigenvalue weighted by atomic mass is 10.0. The molecular formula is C14H15O2. The molecule has 0 aromatic heterocycles. The number of benzene rings is 2. The van der Waals surface area contributed by atoms with E-state index in [1.807, 2.05) is 12.1 Å². The maximum Gasteiger partial charge on any atom is 0.0725 e. The summed E-state index contributed by atoms with van der Waals surface area (Å²) in [6.45, 7) is 1.17. The summed E-state index contributed by atoms with van der Waals surface area (Å²) in [5.74, 6) is 0.